The summed E-state index contributed by atoms with van der Waals surface area (Å²) >= 11 is 0. The standard InChI is InChI=1S/C23H25N5/c1-13(2)21(22-15(4)14(3)9-19-18(22)12-25-27-19)23(24-5)16-7-8-20-17(10-16)11-26-28(20)6/h7-12H,1-6H3,(H,25,27). The van der Waals surface area contributed by atoms with Gasteiger partial charge in [-0.3, -0.25) is 14.8 Å². The van der Waals surface area contributed by atoms with Crippen molar-refractivity contribution in [2.75, 3.05) is 7.05 Å². The number of hydrogen-bond donors (Lipinski definition) is 1. The molecular formula is C23H25N5. The number of H-pyrrole nitrogens is 1. The van der Waals surface area contributed by atoms with E-state index in [1.54, 1.807) is 0 Å². The quantitative estimate of drug-likeness (QED) is 0.516. The maximum Gasteiger partial charge on any atom is 0.0721 e. The minimum absolute atomic E-state index is 0.988. The first kappa shape index (κ1) is 18.2. The monoisotopic (exact) mass is 371 g/mol. The highest BCUT2D eigenvalue weighted by molar-refractivity contribution is 6.34. The Bertz CT molecular complexity index is 1260. The molecule has 0 fully saturated rings. The van der Waals surface area contributed by atoms with E-state index in [1.807, 2.05) is 31.2 Å². The minimum Gasteiger partial charge on any atom is -0.287 e. The van der Waals surface area contributed by atoms with E-state index in [4.69, 9.17) is 4.99 Å². The Balaban J connectivity index is 1.99. The van der Waals surface area contributed by atoms with Crippen molar-refractivity contribution in [1.29, 1.82) is 0 Å². The number of rotatable bonds is 3. The van der Waals surface area contributed by atoms with Crippen LogP contribution in [0, 0.1) is 13.8 Å². The molecule has 5 heteroatoms. The number of aliphatic imine (C=N–C) groups is 1. The van der Waals surface area contributed by atoms with E-state index >= 15 is 0 Å². The van der Waals surface area contributed by atoms with Crippen molar-refractivity contribution in [3.63, 3.8) is 0 Å². The van der Waals surface area contributed by atoms with Gasteiger partial charge in [0.1, 0.15) is 0 Å². The van der Waals surface area contributed by atoms with E-state index in [0.717, 1.165) is 33.1 Å². The molecule has 0 aliphatic rings. The molecule has 4 aromatic rings. The number of fused-ring (bicyclic) bond motifs is 2. The lowest BCUT2D eigenvalue weighted by Crippen LogP contribution is -2.09. The van der Waals surface area contributed by atoms with Gasteiger partial charge in [0.05, 0.1) is 29.1 Å². The second-order valence-corrected chi connectivity index (χ2v) is 7.51. The van der Waals surface area contributed by atoms with Crippen molar-refractivity contribution in [2.45, 2.75) is 27.7 Å². The summed E-state index contributed by atoms with van der Waals surface area (Å²) in [5.74, 6) is 0. The van der Waals surface area contributed by atoms with Gasteiger partial charge in [0.15, 0.2) is 0 Å². The normalized spacial score (nSPS) is 12.1. The number of nitrogens with one attached hydrogen (secondary N) is 1. The molecule has 0 aliphatic carbocycles. The Morgan fingerprint density at radius 2 is 1.89 bits per heavy atom. The predicted octanol–water partition coefficient (Wildman–Crippen LogP) is 4.98. The lowest BCUT2D eigenvalue weighted by Gasteiger charge is -2.19. The van der Waals surface area contributed by atoms with Crippen LogP contribution in [0.25, 0.3) is 27.4 Å². The van der Waals surface area contributed by atoms with Gasteiger partial charge in [0.25, 0.3) is 0 Å². The summed E-state index contributed by atoms with van der Waals surface area (Å²) in [5.41, 5.74) is 10.3. The SMILES string of the molecule is CN=C(C(=C(C)C)c1c(C)c(C)cc2[nH]ncc12)c1ccc2c(cnn2C)c1. The Morgan fingerprint density at radius 3 is 2.61 bits per heavy atom. The molecule has 0 radical (unpaired) electrons. The Kier molecular flexibility index (Phi) is 4.38. The topological polar surface area (TPSA) is 58.9 Å². The summed E-state index contributed by atoms with van der Waals surface area (Å²) in [7, 11) is 3.83. The van der Waals surface area contributed by atoms with Crippen LogP contribution in [0.5, 0.6) is 0 Å². The number of aromatic amines is 1. The van der Waals surface area contributed by atoms with E-state index < -0.39 is 0 Å². The van der Waals surface area contributed by atoms with Crippen molar-refractivity contribution in [3.8, 4) is 0 Å². The van der Waals surface area contributed by atoms with Gasteiger partial charge in [-0.25, -0.2) is 0 Å². The molecule has 0 aliphatic heterocycles. The Hall–Kier alpha value is -3.21. The average molecular weight is 371 g/mol. The van der Waals surface area contributed by atoms with Crippen molar-refractivity contribution in [2.24, 2.45) is 12.0 Å². The van der Waals surface area contributed by atoms with E-state index in [9.17, 15) is 0 Å². The van der Waals surface area contributed by atoms with Crippen LogP contribution in [-0.2, 0) is 7.05 Å². The first-order chi connectivity index (χ1) is 13.4. The highest BCUT2D eigenvalue weighted by Gasteiger charge is 2.20. The lowest BCUT2D eigenvalue weighted by molar-refractivity contribution is 0.797. The second kappa shape index (κ2) is 6.75. The maximum atomic E-state index is 4.73. The third-order valence-corrected chi connectivity index (χ3v) is 5.50. The van der Waals surface area contributed by atoms with Crippen molar-refractivity contribution >= 4 is 33.1 Å². The molecule has 2 aromatic carbocycles. The van der Waals surface area contributed by atoms with Crippen molar-refractivity contribution in [3.05, 3.63) is 64.5 Å². The molecule has 0 bridgehead atoms. The van der Waals surface area contributed by atoms with E-state index in [-0.39, 0.29) is 0 Å². The van der Waals surface area contributed by atoms with E-state index in [2.05, 4.69) is 67.3 Å². The molecular weight excluding hydrogens is 346 g/mol. The third kappa shape index (κ3) is 2.74. The number of aryl methyl sites for hydroxylation is 2. The van der Waals surface area contributed by atoms with Crippen LogP contribution >= 0.6 is 0 Å². The molecule has 0 amide bonds. The number of benzene rings is 2. The first-order valence-corrected chi connectivity index (χ1v) is 9.42. The van der Waals surface area contributed by atoms with Crippen LogP contribution in [0.1, 0.15) is 36.1 Å². The maximum absolute atomic E-state index is 4.73. The number of hydrogen-bond acceptors (Lipinski definition) is 3. The van der Waals surface area contributed by atoms with Crippen LogP contribution in [0.2, 0.25) is 0 Å². The molecule has 142 valence electrons. The van der Waals surface area contributed by atoms with Crippen LogP contribution in [-0.4, -0.2) is 32.7 Å². The summed E-state index contributed by atoms with van der Waals surface area (Å²) in [6.07, 6.45) is 3.82. The zero-order valence-electron chi connectivity index (χ0n) is 17.3. The van der Waals surface area contributed by atoms with Crippen LogP contribution in [0.4, 0.5) is 0 Å². The number of aromatic nitrogens is 4. The van der Waals surface area contributed by atoms with Gasteiger partial charge in [-0.05, 0) is 62.6 Å². The fourth-order valence-electron chi connectivity index (χ4n) is 3.95. The van der Waals surface area contributed by atoms with Crippen molar-refractivity contribution in [1.82, 2.24) is 20.0 Å². The molecule has 5 nitrogen and oxygen atoms in total. The highest BCUT2D eigenvalue weighted by Crippen LogP contribution is 2.34. The van der Waals surface area contributed by atoms with Gasteiger partial charge in [0.2, 0.25) is 0 Å². The highest BCUT2D eigenvalue weighted by atomic mass is 15.2. The summed E-state index contributed by atoms with van der Waals surface area (Å²) < 4.78 is 1.89. The third-order valence-electron chi connectivity index (χ3n) is 5.50. The fraction of sp³-hybridized carbons (Fsp3) is 0.261. The molecule has 28 heavy (non-hydrogen) atoms. The van der Waals surface area contributed by atoms with Gasteiger partial charge in [-0.15, -0.1) is 0 Å². The van der Waals surface area contributed by atoms with Gasteiger partial charge in [0, 0.05) is 36.0 Å². The predicted molar refractivity (Wildman–Crippen MR) is 117 cm³/mol. The van der Waals surface area contributed by atoms with E-state index in [1.165, 1.54) is 27.8 Å². The first-order valence-electron chi connectivity index (χ1n) is 9.42. The number of nitrogens with zero attached hydrogens (tertiary/aromatic N) is 4. The zero-order valence-corrected chi connectivity index (χ0v) is 17.3. The average Bonchev–Trinajstić information content (AvgIpc) is 3.27. The lowest BCUT2D eigenvalue weighted by atomic mass is 9.86. The van der Waals surface area contributed by atoms with Crippen LogP contribution in [0.15, 0.2) is 47.2 Å². The summed E-state index contributed by atoms with van der Waals surface area (Å²) in [4.78, 5) is 4.73. The molecule has 2 aromatic heterocycles. The van der Waals surface area contributed by atoms with Gasteiger partial charge in [-0.1, -0.05) is 11.6 Å². The van der Waals surface area contributed by atoms with Gasteiger partial charge in [-0.2, -0.15) is 10.2 Å². The molecule has 0 unspecified atom stereocenters. The van der Waals surface area contributed by atoms with Gasteiger partial charge >= 0.3 is 0 Å². The molecule has 0 atom stereocenters. The Morgan fingerprint density at radius 1 is 1.11 bits per heavy atom. The fourth-order valence-corrected chi connectivity index (χ4v) is 3.95. The molecule has 0 saturated carbocycles. The van der Waals surface area contributed by atoms with Crippen molar-refractivity contribution < 1.29 is 0 Å². The van der Waals surface area contributed by atoms with E-state index in [0.29, 0.717) is 0 Å². The summed E-state index contributed by atoms with van der Waals surface area (Å²) in [5, 5.41) is 14.0. The summed E-state index contributed by atoms with van der Waals surface area (Å²) in [6, 6.07) is 8.58. The van der Waals surface area contributed by atoms with Crippen LogP contribution < -0.4 is 0 Å². The second-order valence-electron chi connectivity index (χ2n) is 7.51. The molecule has 1 N–H and O–H groups in total. The molecule has 0 saturated heterocycles. The zero-order chi connectivity index (χ0) is 20.0. The minimum atomic E-state index is 0.988. The largest absolute Gasteiger partial charge is 0.287 e. The molecule has 2 heterocycles. The summed E-state index contributed by atoms with van der Waals surface area (Å²) in [6.45, 7) is 8.62. The van der Waals surface area contributed by atoms with Gasteiger partial charge < -0.3 is 0 Å². The Labute approximate surface area is 164 Å². The van der Waals surface area contributed by atoms with Crippen LogP contribution in [0.3, 0.4) is 0 Å². The molecule has 4 rings (SSSR count). The number of allylic oxidation sites excluding steroid dienone is 2. The molecule has 0 spiro atoms. The smallest absolute Gasteiger partial charge is 0.0721 e.